The second-order valence-electron chi connectivity index (χ2n) is 8.43. The number of ether oxygens (including phenoxy) is 1. The zero-order valence-corrected chi connectivity index (χ0v) is 19.8. The molecule has 1 amide bonds. The quantitative estimate of drug-likeness (QED) is 0.502. The minimum atomic E-state index is -3.79. The minimum absolute atomic E-state index is 0.0155. The number of hydrogen-bond acceptors (Lipinski definition) is 4. The number of piperidine rings is 1. The molecule has 0 saturated carbocycles. The maximum Gasteiger partial charge on any atom is 0.243 e. The van der Waals surface area contributed by atoms with Crippen LogP contribution in [0.5, 0.6) is 5.75 Å². The van der Waals surface area contributed by atoms with E-state index < -0.39 is 21.8 Å². The molecule has 6 nitrogen and oxygen atoms in total. The van der Waals surface area contributed by atoms with E-state index in [0.29, 0.717) is 38.3 Å². The van der Waals surface area contributed by atoms with Gasteiger partial charge in [0.05, 0.1) is 10.8 Å². The van der Waals surface area contributed by atoms with Gasteiger partial charge in [-0.15, -0.1) is 0 Å². The van der Waals surface area contributed by atoms with Gasteiger partial charge in [0.2, 0.25) is 15.9 Å². The Hall–Kier alpha value is -3.30. The first-order valence-corrected chi connectivity index (χ1v) is 12.7. The van der Waals surface area contributed by atoms with Crippen LogP contribution in [0, 0.1) is 17.6 Å². The Morgan fingerprint density at radius 2 is 1.51 bits per heavy atom. The van der Waals surface area contributed by atoms with Gasteiger partial charge in [0.15, 0.2) is 0 Å². The second-order valence-corrected chi connectivity index (χ2v) is 10.4. The van der Waals surface area contributed by atoms with Crippen molar-refractivity contribution < 1.29 is 26.7 Å². The molecular formula is C26H26F2N2O4S. The normalized spacial score (nSPS) is 16.6. The fourth-order valence-electron chi connectivity index (χ4n) is 3.91. The lowest BCUT2D eigenvalue weighted by atomic mass is 9.99. The van der Waals surface area contributed by atoms with Gasteiger partial charge in [0.25, 0.3) is 0 Å². The van der Waals surface area contributed by atoms with Gasteiger partial charge in [-0.2, -0.15) is 4.31 Å². The highest BCUT2D eigenvalue weighted by molar-refractivity contribution is 7.89. The van der Waals surface area contributed by atoms with Crippen LogP contribution in [-0.2, 0) is 28.0 Å². The third-order valence-corrected chi connectivity index (χ3v) is 7.79. The fraction of sp³-hybridized carbons (Fsp3) is 0.269. The van der Waals surface area contributed by atoms with Gasteiger partial charge in [0, 0.05) is 19.6 Å². The molecule has 0 bridgehead atoms. The van der Waals surface area contributed by atoms with Gasteiger partial charge in [-0.1, -0.05) is 24.3 Å². The molecule has 1 fully saturated rings. The maximum absolute atomic E-state index is 13.2. The Balaban J connectivity index is 1.28. The third-order valence-electron chi connectivity index (χ3n) is 5.92. The topological polar surface area (TPSA) is 75.7 Å². The summed E-state index contributed by atoms with van der Waals surface area (Å²) in [6, 6.07) is 18.1. The molecule has 0 radical (unpaired) electrons. The van der Waals surface area contributed by atoms with Gasteiger partial charge < -0.3 is 10.1 Å². The first-order valence-electron chi connectivity index (χ1n) is 11.3. The molecule has 1 saturated heterocycles. The van der Waals surface area contributed by atoms with E-state index in [0.717, 1.165) is 23.3 Å². The maximum atomic E-state index is 13.2. The van der Waals surface area contributed by atoms with E-state index in [1.807, 2.05) is 12.1 Å². The predicted molar refractivity (Wildman–Crippen MR) is 127 cm³/mol. The zero-order valence-electron chi connectivity index (χ0n) is 19.0. The van der Waals surface area contributed by atoms with Crippen molar-refractivity contribution in [3.8, 4) is 5.75 Å². The number of benzene rings is 3. The van der Waals surface area contributed by atoms with E-state index >= 15 is 0 Å². The number of amides is 1. The highest BCUT2D eigenvalue weighted by Gasteiger charge is 2.33. The van der Waals surface area contributed by atoms with Gasteiger partial charge in [0.1, 0.15) is 24.0 Å². The number of hydrogen-bond donors (Lipinski definition) is 1. The van der Waals surface area contributed by atoms with Crippen molar-refractivity contribution >= 4 is 15.9 Å². The molecule has 1 aliphatic heterocycles. The average molecular weight is 501 g/mol. The number of sulfonamides is 1. The van der Waals surface area contributed by atoms with Crippen LogP contribution >= 0.6 is 0 Å². The molecule has 0 aromatic heterocycles. The standard InChI is InChI=1S/C26H26F2N2O4S/c27-22-7-3-20(4-8-22)18-34-24-11-5-19(6-12-24)16-29-26(31)21-2-1-15-30(17-21)35(32,33)25-13-9-23(28)10-14-25/h3-14,21H,1-2,15-18H2,(H,29,31)/t21-/m0/s1. The van der Waals surface area contributed by atoms with Gasteiger partial charge in [-0.3, -0.25) is 4.79 Å². The Kier molecular flexibility index (Phi) is 7.77. The first-order chi connectivity index (χ1) is 16.8. The molecule has 1 N–H and O–H groups in total. The highest BCUT2D eigenvalue weighted by Crippen LogP contribution is 2.24. The van der Waals surface area contributed by atoms with Crippen LogP contribution < -0.4 is 10.1 Å². The monoisotopic (exact) mass is 500 g/mol. The van der Waals surface area contributed by atoms with E-state index in [1.165, 1.54) is 28.6 Å². The molecule has 1 heterocycles. The third kappa shape index (κ3) is 6.43. The molecule has 0 aliphatic carbocycles. The predicted octanol–water partition coefficient (Wildman–Crippen LogP) is 4.26. The molecule has 3 aromatic carbocycles. The lowest BCUT2D eigenvalue weighted by Gasteiger charge is -2.31. The van der Waals surface area contributed by atoms with Gasteiger partial charge in [-0.25, -0.2) is 17.2 Å². The molecular weight excluding hydrogens is 474 g/mol. The van der Waals surface area contributed by atoms with Crippen LogP contribution in [0.1, 0.15) is 24.0 Å². The summed E-state index contributed by atoms with van der Waals surface area (Å²) in [7, 11) is -3.79. The number of carbonyl (C=O) groups is 1. The lowest BCUT2D eigenvalue weighted by molar-refractivity contribution is -0.126. The van der Waals surface area contributed by atoms with E-state index in [-0.39, 0.29) is 23.2 Å². The smallest absolute Gasteiger partial charge is 0.243 e. The van der Waals surface area contributed by atoms with Crippen LogP contribution in [0.3, 0.4) is 0 Å². The van der Waals surface area contributed by atoms with Crippen molar-refractivity contribution in [2.75, 3.05) is 13.1 Å². The first kappa shape index (κ1) is 24.8. The Morgan fingerprint density at radius 3 is 2.17 bits per heavy atom. The molecule has 1 atom stereocenters. The van der Waals surface area contributed by atoms with Crippen molar-refractivity contribution in [2.45, 2.75) is 30.9 Å². The fourth-order valence-corrected chi connectivity index (χ4v) is 5.44. The summed E-state index contributed by atoms with van der Waals surface area (Å²) in [5, 5.41) is 2.88. The molecule has 3 aromatic rings. The second kappa shape index (κ2) is 11.0. The van der Waals surface area contributed by atoms with E-state index in [9.17, 15) is 22.0 Å². The van der Waals surface area contributed by atoms with Gasteiger partial charge >= 0.3 is 0 Å². The van der Waals surface area contributed by atoms with E-state index in [4.69, 9.17) is 4.74 Å². The summed E-state index contributed by atoms with van der Waals surface area (Å²) in [5.41, 5.74) is 1.73. The number of nitrogens with one attached hydrogen (secondary N) is 1. The van der Waals surface area contributed by atoms with Crippen molar-refractivity contribution in [3.05, 3.63) is 95.6 Å². The summed E-state index contributed by atoms with van der Waals surface area (Å²) in [5.74, 6) is -0.820. The Morgan fingerprint density at radius 1 is 0.914 bits per heavy atom. The molecule has 35 heavy (non-hydrogen) atoms. The summed E-state index contributed by atoms with van der Waals surface area (Å²) in [6.07, 6.45) is 1.16. The average Bonchev–Trinajstić information content (AvgIpc) is 2.88. The minimum Gasteiger partial charge on any atom is -0.489 e. The van der Waals surface area contributed by atoms with Crippen molar-refractivity contribution in [2.24, 2.45) is 5.92 Å². The summed E-state index contributed by atoms with van der Waals surface area (Å²) < 4.78 is 58.9. The molecule has 184 valence electrons. The molecule has 0 unspecified atom stereocenters. The Labute approximate surface area is 203 Å². The van der Waals surface area contributed by atoms with Crippen LogP contribution in [0.2, 0.25) is 0 Å². The molecule has 0 spiro atoms. The molecule has 1 aliphatic rings. The van der Waals surface area contributed by atoms with Crippen LogP contribution in [0.4, 0.5) is 8.78 Å². The van der Waals surface area contributed by atoms with Crippen LogP contribution in [0.15, 0.2) is 77.7 Å². The number of halogens is 2. The summed E-state index contributed by atoms with van der Waals surface area (Å²) in [6.45, 7) is 1.03. The summed E-state index contributed by atoms with van der Waals surface area (Å²) >= 11 is 0. The van der Waals surface area contributed by atoms with E-state index in [2.05, 4.69) is 5.32 Å². The SMILES string of the molecule is O=C(NCc1ccc(OCc2ccc(F)cc2)cc1)[C@H]1CCCN(S(=O)(=O)c2ccc(F)cc2)C1. The lowest BCUT2D eigenvalue weighted by Crippen LogP contribution is -2.45. The van der Waals surface area contributed by atoms with Crippen molar-refractivity contribution in [1.29, 1.82) is 0 Å². The van der Waals surface area contributed by atoms with Gasteiger partial charge in [-0.05, 0) is 72.5 Å². The highest BCUT2D eigenvalue weighted by atomic mass is 32.2. The zero-order chi connectivity index (χ0) is 24.8. The van der Waals surface area contributed by atoms with Crippen LogP contribution in [-0.4, -0.2) is 31.7 Å². The molecule has 4 rings (SSSR count). The van der Waals surface area contributed by atoms with Crippen molar-refractivity contribution in [1.82, 2.24) is 9.62 Å². The van der Waals surface area contributed by atoms with Crippen LogP contribution in [0.25, 0.3) is 0 Å². The largest absolute Gasteiger partial charge is 0.489 e. The summed E-state index contributed by atoms with van der Waals surface area (Å²) in [4.78, 5) is 12.8. The number of rotatable bonds is 8. The number of nitrogens with zero attached hydrogens (tertiary/aromatic N) is 1. The Bertz CT molecular complexity index is 1250. The van der Waals surface area contributed by atoms with Crippen molar-refractivity contribution in [3.63, 3.8) is 0 Å². The molecule has 9 heteroatoms. The van der Waals surface area contributed by atoms with E-state index in [1.54, 1.807) is 24.3 Å². The number of carbonyl (C=O) groups excluding carboxylic acids is 1.